The van der Waals surface area contributed by atoms with Gasteiger partial charge in [0.25, 0.3) is 0 Å². The minimum Gasteiger partial charge on any atom is -0.462 e. The topological polar surface area (TPSA) is 237 Å². The van der Waals surface area contributed by atoms with Crippen LogP contribution in [0.4, 0.5) is 0 Å². The molecule has 0 bridgehead atoms. The highest BCUT2D eigenvalue weighted by molar-refractivity contribution is 7.47. The van der Waals surface area contributed by atoms with Gasteiger partial charge in [0.1, 0.15) is 19.3 Å². The van der Waals surface area contributed by atoms with E-state index < -0.39 is 97.5 Å². The molecule has 0 aliphatic carbocycles. The molecule has 0 heterocycles. The highest BCUT2D eigenvalue weighted by Crippen LogP contribution is 2.45. The number of hydrogen-bond donors (Lipinski definition) is 3. The lowest BCUT2D eigenvalue weighted by atomic mass is 9.99. The summed E-state index contributed by atoms with van der Waals surface area (Å²) in [6.45, 7) is 9.75. The molecule has 108 heavy (non-hydrogen) atoms. The molecular weight excluding hydrogens is 1400 g/mol. The first-order chi connectivity index (χ1) is 52.4. The Morgan fingerprint density at radius 2 is 0.472 bits per heavy atom. The number of carbonyl (C=O) groups excluding carboxylic acids is 4. The number of hydrogen-bond acceptors (Lipinski definition) is 15. The van der Waals surface area contributed by atoms with Gasteiger partial charge in [-0.1, -0.05) is 427 Å². The van der Waals surface area contributed by atoms with Crippen molar-refractivity contribution >= 4 is 39.5 Å². The van der Waals surface area contributed by atoms with Crippen molar-refractivity contribution in [1.29, 1.82) is 0 Å². The Bertz CT molecular complexity index is 2070. The zero-order valence-electron chi connectivity index (χ0n) is 71.2. The summed E-state index contributed by atoms with van der Waals surface area (Å²) >= 11 is 0. The van der Waals surface area contributed by atoms with Crippen molar-refractivity contribution in [1.82, 2.24) is 0 Å². The van der Waals surface area contributed by atoms with Gasteiger partial charge >= 0.3 is 39.5 Å². The van der Waals surface area contributed by atoms with Gasteiger partial charge in [0, 0.05) is 25.7 Å². The highest BCUT2D eigenvalue weighted by Gasteiger charge is 2.31. The smallest absolute Gasteiger partial charge is 0.462 e. The maximum atomic E-state index is 13.2. The second kappa shape index (κ2) is 80.3. The van der Waals surface area contributed by atoms with Gasteiger partial charge in [0.2, 0.25) is 0 Å². The zero-order valence-corrected chi connectivity index (χ0v) is 73.0. The molecule has 0 aromatic heterocycles. The average molecular weight is 1580 g/mol. The van der Waals surface area contributed by atoms with E-state index in [1.807, 2.05) is 0 Å². The van der Waals surface area contributed by atoms with E-state index in [9.17, 15) is 43.2 Å². The Balaban J connectivity index is 5.24. The van der Waals surface area contributed by atoms with Crippen LogP contribution in [0.15, 0.2) is 0 Å². The number of esters is 4. The number of ether oxygens (including phenoxy) is 4. The van der Waals surface area contributed by atoms with Crippen molar-refractivity contribution in [2.24, 2.45) is 11.8 Å². The average Bonchev–Trinajstić information content (AvgIpc) is 0.897. The van der Waals surface area contributed by atoms with Crippen LogP contribution in [0.1, 0.15) is 478 Å². The molecular formula is C89H174O17P2. The Kier molecular flexibility index (Phi) is 78.8. The molecule has 0 aliphatic rings. The van der Waals surface area contributed by atoms with Gasteiger partial charge < -0.3 is 33.8 Å². The predicted molar refractivity (Wildman–Crippen MR) is 446 cm³/mol. The van der Waals surface area contributed by atoms with Gasteiger partial charge in [-0.3, -0.25) is 37.3 Å². The van der Waals surface area contributed by atoms with Crippen LogP contribution in [0.2, 0.25) is 0 Å². The van der Waals surface area contributed by atoms with Crippen LogP contribution in [0, 0.1) is 11.8 Å². The molecule has 0 aliphatic heterocycles. The standard InChI is InChI=1S/C89H174O17P2/c1-7-10-12-14-16-18-20-22-24-25-26-30-33-37-40-47-53-59-65-71-86(91)99-77-84(105-89(94)74-68-62-56-50-42-38-34-31-28-27-29-32-35-39-46-52-58-64-70-82(6)9-3)79-103-107(95,96)101-75-83(90)76-102-108(97,98)104-80-85(78-100-87(92)72-66-60-54-48-44-43-45-51-57-63-69-81(4)5)106-88(93)73-67-61-55-49-41-36-23-21-19-17-15-13-11-8-2/h81-85,90H,7-80H2,1-6H3,(H,95,96)(H,97,98)/t82?,83-,84-,85-/m1/s1. The minimum atomic E-state index is -4.97. The zero-order chi connectivity index (χ0) is 79.2. The molecule has 19 heteroatoms. The maximum absolute atomic E-state index is 13.2. The van der Waals surface area contributed by atoms with E-state index in [1.54, 1.807) is 0 Å². The van der Waals surface area contributed by atoms with Crippen LogP contribution in [0.3, 0.4) is 0 Å². The molecule has 0 rings (SSSR count). The number of unbranched alkanes of at least 4 members (excludes halogenated alkanes) is 57. The molecule has 0 fully saturated rings. The SMILES string of the molecule is CCCCCCCCCCCCCCCCCCCCCC(=O)OC[C@H](COP(=O)(O)OC[C@@H](O)COP(=O)(O)OC[C@@H](COC(=O)CCCCCCCCCCCCC(C)C)OC(=O)CCCCCCCCCCCCCCCC)OC(=O)CCCCCCCCCCCCCCCCCCCCC(C)CC. The Morgan fingerprint density at radius 3 is 0.704 bits per heavy atom. The largest absolute Gasteiger partial charge is 0.472 e. The van der Waals surface area contributed by atoms with E-state index in [2.05, 4.69) is 41.5 Å². The van der Waals surface area contributed by atoms with E-state index in [0.717, 1.165) is 102 Å². The molecule has 0 spiro atoms. The summed E-state index contributed by atoms with van der Waals surface area (Å²) in [5, 5.41) is 10.7. The van der Waals surface area contributed by atoms with Crippen molar-refractivity contribution in [2.75, 3.05) is 39.6 Å². The third-order valence-electron chi connectivity index (χ3n) is 21.3. The third-order valence-corrected chi connectivity index (χ3v) is 23.2. The summed E-state index contributed by atoms with van der Waals surface area (Å²) in [4.78, 5) is 73.4. The van der Waals surface area contributed by atoms with E-state index in [1.165, 1.54) is 295 Å². The molecule has 3 N–H and O–H groups in total. The van der Waals surface area contributed by atoms with Crippen LogP contribution in [0.25, 0.3) is 0 Å². The second-order valence-corrected chi connectivity index (χ2v) is 35.6. The minimum absolute atomic E-state index is 0.108. The fourth-order valence-electron chi connectivity index (χ4n) is 13.9. The molecule has 17 nitrogen and oxygen atoms in total. The fraction of sp³-hybridized carbons (Fsp3) is 0.955. The van der Waals surface area contributed by atoms with Gasteiger partial charge in [-0.15, -0.1) is 0 Å². The van der Waals surface area contributed by atoms with Crippen molar-refractivity contribution < 1.29 is 80.2 Å². The van der Waals surface area contributed by atoms with E-state index in [4.69, 9.17) is 37.0 Å². The van der Waals surface area contributed by atoms with E-state index >= 15 is 0 Å². The monoisotopic (exact) mass is 1580 g/mol. The summed E-state index contributed by atoms with van der Waals surface area (Å²) in [6, 6.07) is 0. The number of carbonyl (C=O) groups is 4. The summed E-state index contributed by atoms with van der Waals surface area (Å²) in [6.07, 6.45) is 73.5. The first-order valence-electron chi connectivity index (χ1n) is 46.0. The van der Waals surface area contributed by atoms with Gasteiger partial charge in [0.15, 0.2) is 12.2 Å². The summed E-state index contributed by atoms with van der Waals surface area (Å²) < 4.78 is 69.0. The first-order valence-corrected chi connectivity index (χ1v) is 49.0. The lowest BCUT2D eigenvalue weighted by molar-refractivity contribution is -0.161. The van der Waals surface area contributed by atoms with Gasteiger partial charge in [-0.25, -0.2) is 9.13 Å². The van der Waals surface area contributed by atoms with Crippen LogP contribution >= 0.6 is 15.6 Å². The summed E-state index contributed by atoms with van der Waals surface area (Å²) in [5.74, 6) is -0.467. The first kappa shape index (κ1) is 106. The van der Waals surface area contributed by atoms with Crippen LogP contribution < -0.4 is 0 Å². The number of phosphoric acid groups is 2. The van der Waals surface area contributed by atoms with Crippen LogP contribution in [-0.2, 0) is 65.4 Å². The van der Waals surface area contributed by atoms with Crippen LogP contribution in [-0.4, -0.2) is 96.7 Å². The third kappa shape index (κ3) is 80.7. The molecule has 0 aromatic rings. The highest BCUT2D eigenvalue weighted by atomic mass is 31.2. The molecule has 0 amide bonds. The van der Waals surface area contributed by atoms with Crippen molar-refractivity contribution in [2.45, 2.75) is 496 Å². The number of rotatable bonds is 88. The van der Waals surface area contributed by atoms with Gasteiger partial charge in [0.05, 0.1) is 26.4 Å². The normalized spacial score (nSPS) is 14.0. The summed E-state index contributed by atoms with van der Waals surface area (Å²) in [7, 11) is -9.93. The Morgan fingerprint density at radius 1 is 0.269 bits per heavy atom. The molecule has 6 atom stereocenters. The van der Waals surface area contributed by atoms with Gasteiger partial charge in [-0.2, -0.15) is 0 Å². The lowest BCUT2D eigenvalue weighted by Crippen LogP contribution is -2.30. The molecule has 642 valence electrons. The maximum Gasteiger partial charge on any atom is 0.472 e. The Hall–Kier alpha value is -1.94. The van der Waals surface area contributed by atoms with E-state index in [0.29, 0.717) is 25.7 Å². The Labute approximate surface area is 664 Å². The molecule has 0 radical (unpaired) electrons. The van der Waals surface area contributed by atoms with E-state index in [-0.39, 0.29) is 25.7 Å². The summed E-state index contributed by atoms with van der Waals surface area (Å²) in [5.41, 5.74) is 0. The molecule has 0 aromatic carbocycles. The fourth-order valence-corrected chi connectivity index (χ4v) is 15.5. The van der Waals surface area contributed by atoms with Crippen LogP contribution in [0.5, 0.6) is 0 Å². The number of aliphatic hydroxyl groups is 1. The molecule has 3 unspecified atom stereocenters. The van der Waals surface area contributed by atoms with Crippen molar-refractivity contribution in [3.63, 3.8) is 0 Å². The van der Waals surface area contributed by atoms with Crippen molar-refractivity contribution in [3.05, 3.63) is 0 Å². The number of aliphatic hydroxyl groups excluding tert-OH is 1. The van der Waals surface area contributed by atoms with Crippen molar-refractivity contribution in [3.8, 4) is 0 Å². The quantitative estimate of drug-likeness (QED) is 0.0222. The lowest BCUT2D eigenvalue weighted by Gasteiger charge is -2.21. The molecule has 0 saturated carbocycles. The van der Waals surface area contributed by atoms with Gasteiger partial charge in [-0.05, 0) is 37.5 Å². The second-order valence-electron chi connectivity index (χ2n) is 32.7. The predicted octanol–water partition coefficient (Wildman–Crippen LogP) is 27.4. The molecule has 0 saturated heterocycles. The number of phosphoric ester groups is 2.